The molecule has 2 heterocycles. The molecular weight excluding hydrogens is 516 g/mol. The van der Waals surface area contributed by atoms with Crippen LogP contribution in [0.15, 0.2) is 65.5 Å². The number of nitrogens with two attached hydrogens (primary N) is 1. The minimum absolute atomic E-state index is 0.0332. The number of nitrogens with zero attached hydrogens (tertiary/aromatic N) is 3. The van der Waals surface area contributed by atoms with E-state index in [0.29, 0.717) is 55.5 Å². The number of aromatic nitrogens is 1. The molecule has 4 rings (SSSR count). The second-order valence-corrected chi connectivity index (χ2v) is 10.7. The average molecular weight is 543 g/mol. The Hall–Kier alpha value is -3.58. The van der Waals surface area contributed by atoms with Crippen LogP contribution >= 0.6 is 11.3 Å². The molecule has 1 aliphatic heterocycles. The molecule has 0 saturated carbocycles. The van der Waals surface area contributed by atoms with Gasteiger partial charge in [-0.15, -0.1) is 11.3 Å². The Kier molecular flexibility index (Phi) is 8.03. The monoisotopic (exact) mass is 542 g/mol. The largest absolute Gasteiger partial charge is 0.476 e. The molecule has 0 atom stereocenters. The van der Waals surface area contributed by atoms with E-state index >= 15 is 0 Å². The summed E-state index contributed by atoms with van der Waals surface area (Å²) in [4.78, 5) is 32.2. The van der Waals surface area contributed by atoms with Crippen LogP contribution in [0.5, 0.6) is 0 Å². The Morgan fingerprint density at radius 1 is 1.16 bits per heavy atom. The number of carboxylic acids is 1. The summed E-state index contributed by atoms with van der Waals surface area (Å²) >= 11 is 1.17. The molecule has 1 fully saturated rings. The van der Waals surface area contributed by atoms with E-state index < -0.39 is 16.0 Å². The Morgan fingerprint density at radius 3 is 2.46 bits per heavy atom. The molecule has 37 heavy (non-hydrogen) atoms. The molecule has 10 nitrogen and oxygen atoms in total. The van der Waals surface area contributed by atoms with Gasteiger partial charge in [0.1, 0.15) is 0 Å². The van der Waals surface area contributed by atoms with Crippen LogP contribution in [0.25, 0.3) is 0 Å². The van der Waals surface area contributed by atoms with Crippen LogP contribution in [0.2, 0.25) is 0 Å². The fourth-order valence-corrected chi connectivity index (χ4v) is 5.30. The van der Waals surface area contributed by atoms with E-state index in [4.69, 9.17) is 9.88 Å². The highest BCUT2D eigenvalue weighted by Gasteiger charge is 2.22. The highest BCUT2D eigenvalue weighted by molar-refractivity contribution is 7.89. The van der Waals surface area contributed by atoms with Gasteiger partial charge in [-0.1, -0.05) is 18.7 Å². The van der Waals surface area contributed by atoms with Gasteiger partial charge in [-0.2, -0.15) is 0 Å². The van der Waals surface area contributed by atoms with Gasteiger partial charge in [0.15, 0.2) is 10.8 Å². The summed E-state index contributed by atoms with van der Waals surface area (Å²) < 4.78 is 28.5. The standard InChI is InChI=1S/C25H26N4O6S2/c1-2-29(25-27-21(16-36-25)24(31)32)22-10-7-19(23(30)28-11-13-35-14-12-28)15-18(22)6-3-17-4-8-20(9-5-17)37(26,33)34/h2,4-5,7-10,15-16H,1,3,6,11-14H2,(H,31,32)(H2,26,33,34). The summed E-state index contributed by atoms with van der Waals surface area (Å²) in [6.07, 6.45) is 2.61. The number of hydrogen-bond donors (Lipinski definition) is 2. The van der Waals surface area contributed by atoms with Gasteiger partial charge in [-0.3, -0.25) is 9.69 Å². The number of carbonyl (C=O) groups is 2. The van der Waals surface area contributed by atoms with Crippen molar-refractivity contribution in [2.75, 3.05) is 31.2 Å². The molecule has 1 aliphatic rings. The molecule has 1 amide bonds. The summed E-state index contributed by atoms with van der Waals surface area (Å²) in [6.45, 7) is 5.89. The summed E-state index contributed by atoms with van der Waals surface area (Å²) in [7, 11) is -3.79. The SMILES string of the molecule is C=CN(c1nc(C(=O)O)cs1)c1ccc(C(=O)N2CCOCC2)cc1CCc1ccc(S(N)(=O)=O)cc1. The number of ether oxygens (including phenoxy) is 1. The van der Waals surface area contributed by atoms with Gasteiger partial charge in [-0.25, -0.2) is 23.3 Å². The van der Waals surface area contributed by atoms with Crippen molar-refractivity contribution in [1.82, 2.24) is 9.88 Å². The van der Waals surface area contributed by atoms with Crippen LogP contribution in [0, 0.1) is 0 Å². The fraction of sp³-hybridized carbons (Fsp3) is 0.240. The Morgan fingerprint density at radius 2 is 1.86 bits per heavy atom. The van der Waals surface area contributed by atoms with Crippen molar-refractivity contribution in [1.29, 1.82) is 0 Å². The number of carbonyl (C=O) groups excluding carboxylic acids is 1. The van der Waals surface area contributed by atoms with Crippen molar-refractivity contribution >= 4 is 44.1 Å². The minimum Gasteiger partial charge on any atom is -0.476 e. The number of aryl methyl sites for hydroxylation is 2. The predicted octanol–water partition coefficient (Wildman–Crippen LogP) is 3.03. The van der Waals surface area contributed by atoms with Crippen LogP contribution in [0.3, 0.4) is 0 Å². The van der Waals surface area contributed by atoms with Gasteiger partial charge in [-0.05, 0) is 54.3 Å². The number of hydrogen-bond acceptors (Lipinski definition) is 8. The lowest BCUT2D eigenvalue weighted by molar-refractivity contribution is 0.0303. The summed E-state index contributed by atoms with van der Waals surface area (Å²) in [5, 5.41) is 16.4. The van der Waals surface area contributed by atoms with Crippen LogP contribution in [0.4, 0.5) is 10.8 Å². The number of thiazole rings is 1. The van der Waals surface area contributed by atoms with Crippen molar-refractivity contribution in [3.8, 4) is 0 Å². The molecule has 0 spiro atoms. The summed E-state index contributed by atoms with van der Waals surface area (Å²) in [5.74, 6) is -1.22. The van der Waals surface area contributed by atoms with Crippen molar-refractivity contribution in [2.45, 2.75) is 17.7 Å². The maximum atomic E-state index is 13.1. The third-order valence-corrected chi connectivity index (χ3v) is 7.69. The molecule has 2 aromatic carbocycles. The topological polar surface area (TPSA) is 143 Å². The molecule has 0 bridgehead atoms. The lowest BCUT2D eigenvalue weighted by Crippen LogP contribution is -2.40. The van der Waals surface area contributed by atoms with Crippen molar-refractivity contribution in [2.24, 2.45) is 5.14 Å². The molecule has 0 unspecified atom stereocenters. The number of morpholine rings is 1. The van der Waals surface area contributed by atoms with Crippen molar-refractivity contribution in [3.63, 3.8) is 0 Å². The predicted molar refractivity (Wildman–Crippen MR) is 140 cm³/mol. The van der Waals surface area contributed by atoms with Gasteiger partial charge in [0.05, 0.1) is 23.8 Å². The van der Waals surface area contributed by atoms with E-state index in [0.717, 1.165) is 11.1 Å². The van der Waals surface area contributed by atoms with Crippen LogP contribution in [0.1, 0.15) is 32.0 Å². The molecule has 194 valence electrons. The first-order valence-corrected chi connectivity index (χ1v) is 13.8. The summed E-state index contributed by atoms with van der Waals surface area (Å²) in [6, 6.07) is 11.7. The summed E-state index contributed by atoms with van der Waals surface area (Å²) in [5.41, 5.74) is 2.88. The molecule has 0 aliphatic carbocycles. The van der Waals surface area contributed by atoms with Crippen molar-refractivity contribution in [3.05, 3.63) is 83.0 Å². The maximum Gasteiger partial charge on any atom is 0.355 e. The number of anilines is 2. The number of aromatic carboxylic acids is 1. The first kappa shape index (κ1) is 26.5. The average Bonchev–Trinajstić information content (AvgIpc) is 3.38. The van der Waals surface area contributed by atoms with E-state index in [9.17, 15) is 23.1 Å². The Labute approximate surface area is 218 Å². The van der Waals surface area contributed by atoms with E-state index in [1.807, 2.05) is 6.07 Å². The number of carboxylic acid groups (broad SMARTS) is 1. The van der Waals surface area contributed by atoms with Gasteiger partial charge in [0.25, 0.3) is 5.91 Å². The lowest BCUT2D eigenvalue weighted by Gasteiger charge is -2.27. The zero-order chi connectivity index (χ0) is 26.6. The second kappa shape index (κ2) is 11.2. The van der Waals surface area contributed by atoms with E-state index in [-0.39, 0.29) is 16.5 Å². The third-order valence-electron chi connectivity index (χ3n) is 5.92. The van der Waals surface area contributed by atoms with Gasteiger partial charge < -0.3 is 14.7 Å². The normalized spacial score (nSPS) is 13.8. The van der Waals surface area contributed by atoms with E-state index in [1.54, 1.807) is 40.3 Å². The third kappa shape index (κ3) is 6.23. The van der Waals surface area contributed by atoms with Crippen LogP contribution in [-0.4, -0.2) is 61.6 Å². The number of benzene rings is 2. The fourth-order valence-electron chi connectivity index (χ4n) is 3.98. The molecule has 0 radical (unpaired) electrons. The van der Waals surface area contributed by atoms with Crippen LogP contribution < -0.4 is 10.0 Å². The second-order valence-electron chi connectivity index (χ2n) is 8.31. The molecule has 3 N–H and O–H groups in total. The molecule has 3 aromatic rings. The number of rotatable bonds is 9. The minimum atomic E-state index is -3.79. The molecular formula is C25H26N4O6S2. The quantitative estimate of drug-likeness (QED) is 0.420. The van der Waals surface area contributed by atoms with E-state index in [1.165, 1.54) is 28.8 Å². The van der Waals surface area contributed by atoms with Gasteiger partial charge >= 0.3 is 5.97 Å². The Balaban J connectivity index is 1.67. The molecule has 12 heteroatoms. The highest BCUT2D eigenvalue weighted by atomic mass is 32.2. The maximum absolute atomic E-state index is 13.1. The smallest absolute Gasteiger partial charge is 0.355 e. The van der Waals surface area contributed by atoms with Gasteiger partial charge in [0, 0.05) is 30.2 Å². The lowest BCUT2D eigenvalue weighted by atomic mass is 9.99. The molecule has 1 saturated heterocycles. The van der Waals surface area contributed by atoms with E-state index in [2.05, 4.69) is 11.6 Å². The number of primary sulfonamides is 1. The number of sulfonamides is 1. The van der Waals surface area contributed by atoms with Crippen LogP contribution in [-0.2, 0) is 27.6 Å². The first-order chi connectivity index (χ1) is 17.7. The first-order valence-electron chi connectivity index (χ1n) is 11.4. The number of amides is 1. The Bertz CT molecular complexity index is 1410. The molecule has 1 aromatic heterocycles. The van der Waals surface area contributed by atoms with Gasteiger partial charge in [0.2, 0.25) is 10.0 Å². The zero-order valence-corrected chi connectivity index (χ0v) is 21.5. The van der Waals surface area contributed by atoms with Crippen molar-refractivity contribution < 1.29 is 27.9 Å². The zero-order valence-electron chi connectivity index (χ0n) is 19.9. The highest BCUT2D eigenvalue weighted by Crippen LogP contribution is 2.33.